The fourth-order valence-electron chi connectivity index (χ4n) is 1.91. The number of carbonyl (C=O) groups excluding carboxylic acids is 2. The van der Waals surface area contributed by atoms with Gasteiger partial charge in [-0.05, 0) is 24.7 Å². The first kappa shape index (κ1) is 8.48. The summed E-state index contributed by atoms with van der Waals surface area (Å²) < 4.78 is 4.55. The Hall–Kier alpha value is -1.12. The third-order valence-corrected chi connectivity index (χ3v) is 3.07. The predicted molar refractivity (Wildman–Crippen MR) is 45.7 cm³/mol. The molecule has 1 aliphatic heterocycles. The molecular formula is C10H12O3. The number of hydrogen-bond donors (Lipinski definition) is 0. The Bertz CT molecular complexity index is 284. The van der Waals surface area contributed by atoms with Crippen LogP contribution in [0.3, 0.4) is 0 Å². The van der Waals surface area contributed by atoms with Crippen LogP contribution in [-0.2, 0) is 14.3 Å². The zero-order chi connectivity index (χ0) is 9.59. The van der Waals surface area contributed by atoms with E-state index >= 15 is 0 Å². The highest BCUT2D eigenvalue weighted by Gasteiger charge is 2.38. The largest absolute Gasteiger partial charge is 0.386 e. The Kier molecular flexibility index (Phi) is 1.75. The van der Waals surface area contributed by atoms with E-state index in [0.29, 0.717) is 35.8 Å². The van der Waals surface area contributed by atoms with Gasteiger partial charge in [-0.2, -0.15) is 0 Å². The molecule has 0 fully saturated rings. The first-order valence-corrected chi connectivity index (χ1v) is 4.58. The molecule has 0 bridgehead atoms. The van der Waals surface area contributed by atoms with E-state index in [1.807, 2.05) is 0 Å². The predicted octanol–water partition coefficient (Wildman–Crippen LogP) is 1.43. The van der Waals surface area contributed by atoms with E-state index in [4.69, 9.17) is 0 Å². The molecule has 3 nitrogen and oxygen atoms in total. The summed E-state index contributed by atoms with van der Waals surface area (Å²) in [5, 5.41) is 0. The van der Waals surface area contributed by atoms with E-state index < -0.39 is 11.9 Å². The zero-order valence-electron chi connectivity index (χ0n) is 7.79. The van der Waals surface area contributed by atoms with E-state index in [2.05, 4.69) is 18.6 Å². The Balaban J connectivity index is 2.36. The molecule has 0 spiro atoms. The van der Waals surface area contributed by atoms with Crippen molar-refractivity contribution in [2.45, 2.75) is 26.7 Å². The second-order valence-corrected chi connectivity index (χ2v) is 4.00. The van der Waals surface area contributed by atoms with Crippen molar-refractivity contribution in [1.82, 2.24) is 0 Å². The third kappa shape index (κ3) is 1.19. The van der Waals surface area contributed by atoms with E-state index in [1.165, 1.54) is 0 Å². The first-order valence-electron chi connectivity index (χ1n) is 4.58. The molecule has 1 heterocycles. The van der Waals surface area contributed by atoms with Gasteiger partial charge in [0.2, 0.25) is 0 Å². The minimum Gasteiger partial charge on any atom is -0.386 e. The number of esters is 2. The number of carbonyl (C=O) groups is 2. The van der Waals surface area contributed by atoms with Crippen LogP contribution < -0.4 is 0 Å². The minimum absolute atomic E-state index is 0.418. The molecule has 2 aliphatic rings. The number of rotatable bonds is 0. The molecular weight excluding hydrogens is 168 g/mol. The summed E-state index contributed by atoms with van der Waals surface area (Å²) in [6.45, 7) is 4.20. The molecule has 0 saturated heterocycles. The lowest BCUT2D eigenvalue weighted by Crippen LogP contribution is -2.18. The van der Waals surface area contributed by atoms with Crippen molar-refractivity contribution in [3.8, 4) is 0 Å². The molecule has 0 saturated carbocycles. The second kappa shape index (κ2) is 2.69. The van der Waals surface area contributed by atoms with Gasteiger partial charge in [0.15, 0.2) is 0 Å². The van der Waals surface area contributed by atoms with Crippen LogP contribution >= 0.6 is 0 Å². The maximum Gasteiger partial charge on any atom is 0.342 e. The highest BCUT2D eigenvalue weighted by atomic mass is 16.6. The molecule has 0 aromatic rings. The third-order valence-electron chi connectivity index (χ3n) is 3.07. The van der Waals surface area contributed by atoms with E-state index in [9.17, 15) is 9.59 Å². The normalized spacial score (nSPS) is 33.4. The van der Waals surface area contributed by atoms with Crippen LogP contribution in [0.1, 0.15) is 26.7 Å². The summed E-state index contributed by atoms with van der Waals surface area (Å²) in [6.07, 6.45) is 1.39. The summed E-state index contributed by atoms with van der Waals surface area (Å²) in [5.41, 5.74) is 1.24. The Labute approximate surface area is 76.8 Å². The summed E-state index contributed by atoms with van der Waals surface area (Å²) in [4.78, 5) is 22.3. The van der Waals surface area contributed by atoms with Crippen LogP contribution in [0.25, 0.3) is 0 Å². The Morgan fingerprint density at radius 2 is 1.38 bits per heavy atom. The van der Waals surface area contributed by atoms with E-state index in [1.54, 1.807) is 0 Å². The summed E-state index contributed by atoms with van der Waals surface area (Å²) in [6, 6.07) is 0. The number of ether oxygens (including phenoxy) is 1. The fourth-order valence-corrected chi connectivity index (χ4v) is 1.91. The van der Waals surface area contributed by atoms with Crippen molar-refractivity contribution in [3.05, 3.63) is 11.1 Å². The van der Waals surface area contributed by atoms with Gasteiger partial charge in [-0.25, -0.2) is 9.59 Å². The monoisotopic (exact) mass is 180 g/mol. The average molecular weight is 180 g/mol. The quantitative estimate of drug-likeness (QED) is 0.418. The highest BCUT2D eigenvalue weighted by Crippen LogP contribution is 2.37. The molecule has 1 aliphatic carbocycles. The molecule has 13 heavy (non-hydrogen) atoms. The van der Waals surface area contributed by atoms with Crippen molar-refractivity contribution in [3.63, 3.8) is 0 Å². The lowest BCUT2D eigenvalue weighted by atomic mass is 9.78. The van der Waals surface area contributed by atoms with Gasteiger partial charge in [0.25, 0.3) is 0 Å². The molecule has 3 heteroatoms. The van der Waals surface area contributed by atoms with Crippen LogP contribution in [-0.4, -0.2) is 11.9 Å². The average Bonchev–Trinajstić information content (AvgIpc) is 2.31. The van der Waals surface area contributed by atoms with Gasteiger partial charge < -0.3 is 4.74 Å². The second-order valence-electron chi connectivity index (χ2n) is 4.00. The van der Waals surface area contributed by atoms with E-state index in [-0.39, 0.29) is 0 Å². The van der Waals surface area contributed by atoms with E-state index in [0.717, 1.165) is 0 Å². The van der Waals surface area contributed by atoms with Crippen LogP contribution in [0, 0.1) is 11.8 Å². The molecule has 0 radical (unpaired) electrons. The van der Waals surface area contributed by atoms with Gasteiger partial charge in [-0.3, -0.25) is 0 Å². The molecule has 0 N–H and O–H groups in total. The van der Waals surface area contributed by atoms with Gasteiger partial charge >= 0.3 is 11.9 Å². The minimum atomic E-state index is -0.418. The molecule has 70 valence electrons. The number of hydrogen-bond acceptors (Lipinski definition) is 3. The van der Waals surface area contributed by atoms with Crippen molar-refractivity contribution in [2.75, 3.05) is 0 Å². The standard InChI is InChI=1S/C10H12O3/c1-5-3-7-8(4-6(5)2)10(12)13-9(7)11/h5-6H,3-4H2,1-2H3. The van der Waals surface area contributed by atoms with Gasteiger partial charge in [0.05, 0.1) is 0 Å². The molecule has 0 aromatic carbocycles. The highest BCUT2D eigenvalue weighted by molar-refractivity contribution is 6.12. The lowest BCUT2D eigenvalue weighted by Gasteiger charge is -2.24. The topological polar surface area (TPSA) is 43.4 Å². The zero-order valence-corrected chi connectivity index (χ0v) is 7.79. The molecule has 2 rings (SSSR count). The summed E-state index contributed by atoms with van der Waals surface area (Å²) >= 11 is 0. The Morgan fingerprint density at radius 3 is 1.77 bits per heavy atom. The first-order chi connectivity index (χ1) is 6.09. The van der Waals surface area contributed by atoms with Gasteiger partial charge in [0.1, 0.15) is 0 Å². The molecule has 2 unspecified atom stereocenters. The summed E-state index contributed by atoms with van der Waals surface area (Å²) in [7, 11) is 0. The summed E-state index contributed by atoms with van der Waals surface area (Å²) in [5.74, 6) is 0.104. The molecule has 0 amide bonds. The van der Waals surface area contributed by atoms with Crippen LogP contribution in [0.4, 0.5) is 0 Å². The van der Waals surface area contributed by atoms with Crippen LogP contribution in [0.15, 0.2) is 11.1 Å². The van der Waals surface area contributed by atoms with Crippen molar-refractivity contribution < 1.29 is 14.3 Å². The van der Waals surface area contributed by atoms with Gasteiger partial charge in [-0.15, -0.1) is 0 Å². The van der Waals surface area contributed by atoms with Crippen molar-refractivity contribution in [1.29, 1.82) is 0 Å². The SMILES string of the molecule is CC1CC2=C(CC1C)C(=O)OC2=O. The van der Waals surface area contributed by atoms with Crippen LogP contribution in [0.5, 0.6) is 0 Å². The molecule has 0 aromatic heterocycles. The lowest BCUT2D eigenvalue weighted by molar-refractivity contribution is -0.151. The Morgan fingerprint density at radius 1 is 1.00 bits per heavy atom. The molecule has 2 atom stereocenters. The van der Waals surface area contributed by atoms with Gasteiger partial charge in [0, 0.05) is 11.1 Å². The maximum absolute atomic E-state index is 11.2. The van der Waals surface area contributed by atoms with Gasteiger partial charge in [-0.1, -0.05) is 13.8 Å². The van der Waals surface area contributed by atoms with Crippen LogP contribution in [0.2, 0.25) is 0 Å². The van der Waals surface area contributed by atoms with Crippen molar-refractivity contribution >= 4 is 11.9 Å². The van der Waals surface area contributed by atoms with Crippen molar-refractivity contribution in [2.24, 2.45) is 11.8 Å². The smallest absolute Gasteiger partial charge is 0.342 e. The maximum atomic E-state index is 11.2. The number of cyclic esters (lactones) is 2. The fraction of sp³-hybridized carbons (Fsp3) is 0.600.